The molecule has 12 nitrogen and oxygen atoms in total. The second-order valence-corrected chi connectivity index (χ2v) is 8.48. The molecular formula is C18H18N8O4S2. The van der Waals surface area contributed by atoms with E-state index in [9.17, 15) is 4.79 Å². The summed E-state index contributed by atoms with van der Waals surface area (Å²) in [6.45, 7) is 0. The zero-order valence-corrected chi connectivity index (χ0v) is 18.5. The second kappa shape index (κ2) is 9.35. The number of hydroxylamine groups is 4. The van der Waals surface area contributed by atoms with Crippen LogP contribution in [0.5, 0.6) is 5.75 Å². The van der Waals surface area contributed by atoms with Gasteiger partial charge in [0.1, 0.15) is 0 Å². The zero-order valence-electron chi connectivity index (χ0n) is 16.8. The molecule has 0 spiro atoms. The number of nitrogens with zero attached hydrogens (tertiary/aromatic N) is 4. The Balaban J connectivity index is 1.43. The number of hydrogen-bond donors (Lipinski definition) is 5. The van der Waals surface area contributed by atoms with Crippen LogP contribution in [0.1, 0.15) is 0 Å². The molecule has 0 aliphatic rings. The van der Waals surface area contributed by atoms with Crippen LogP contribution in [-0.2, 0) is 4.84 Å². The van der Waals surface area contributed by atoms with Gasteiger partial charge in [-0.25, -0.2) is 19.8 Å². The molecule has 0 saturated heterocycles. The average Bonchev–Trinajstić information content (AvgIpc) is 3.34. The number of urea groups is 1. The Morgan fingerprint density at radius 2 is 1.72 bits per heavy atom. The van der Waals surface area contributed by atoms with E-state index in [1.807, 2.05) is 6.07 Å². The molecule has 0 fully saturated rings. The van der Waals surface area contributed by atoms with Crippen LogP contribution in [0.3, 0.4) is 0 Å². The number of hydrogen-bond acceptors (Lipinski definition) is 10. The van der Waals surface area contributed by atoms with Crippen LogP contribution in [0.15, 0.2) is 46.7 Å². The van der Waals surface area contributed by atoms with Crippen molar-refractivity contribution in [1.82, 2.24) is 30.2 Å². The molecule has 0 aliphatic heterocycles. The maximum Gasteiger partial charge on any atom is 0.345 e. The van der Waals surface area contributed by atoms with Gasteiger partial charge in [-0.2, -0.15) is 0 Å². The van der Waals surface area contributed by atoms with E-state index in [4.69, 9.17) is 20.3 Å². The number of aromatic nitrogens is 4. The largest absolute Gasteiger partial charge is 0.371 e. The van der Waals surface area contributed by atoms with E-state index in [0.29, 0.717) is 26.8 Å². The fourth-order valence-corrected chi connectivity index (χ4v) is 4.37. The predicted octanol–water partition coefficient (Wildman–Crippen LogP) is 3.86. The summed E-state index contributed by atoms with van der Waals surface area (Å²) in [6.07, 6.45) is 0.767. The number of H-pyrrole nitrogens is 2. The van der Waals surface area contributed by atoms with Gasteiger partial charge in [0, 0.05) is 24.0 Å². The molecule has 0 saturated carbocycles. The standard InChI is InChI=1S/C18H18N8O4S2/c1-25(28)18(27)20-10-3-5-12-14(7-10)23-16(21-12)31-32-17-22-13-6-4-11(8-15(13)24-17)30-26(2)29-9-19/h3-9,19,28H,1-2H3,(H,20,27)(H,21,23)(H,22,24). The second-order valence-electron chi connectivity index (χ2n) is 6.37. The number of anilines is 1. The summed E-state index contributed by atoms with van der Waals surface area (Å²) in [5, 5.41) is 21.5. The minimum absolute atomic E-state index is 0.472. The van der Waals surface area contributed by atoms with Crippen LogP contribution in [0, 0.1) is 5.41 Å². The molecule has 0 atom stereocenters. The minimum atomic E-state index is -0.638. The highest BCUT2D eigenvalue weighted by molar-refractivity contribution is 8.76. The van der Waals surface area contributed by atoms with Gasteiger partial charge in [0.15, 0.2) is 22.5 Å². The van der Waals surface area contributed by atoms with Gasteiger partial charge >= 0.3 is 6.03 Å². The van der Waals surface area contributed by atoms with Gasteiger partial charge in [0.2, 0.25) is 0 Å². The van der Waals surface area contributed by atoms with E-state index in [1.165, 1.54) is 35.7 Å². The maximum atomic E-state index is 11.6. The highest BCUT2D eigenvalue weighted by atomic mass is 33.1. The Morgan fingerprint density at radius 3 is 2.34 bits per heavy atom. The zero-order chi connectivity index (χ0) is 22.7. The smallest absolute Gasteiger partial charge is 0.345 e. The van der Waals surface area contributed by atoms with E-state index in [0.717, 1.165) is 33.7 Å². The Labute approximate surface area is 189 Å². The summed E-state index contributed by atoms with van der Waals surface area (Å²) >= 11 is 0. The molecule has 0 bridgehead atoms. The lowest BCUT2D eigenvalue weighted by atomic mass is 10.3. The van der Waals surface area contributed by atoms with Crippen molar-refractivity contribution in [2.75, 3.05) is 19.4 Å². The Bertz CT molecular complexity index is 1270. The lowest BCUT2D eigenvalue weighted by Gasteiger charge is -2.13. The molecule has 32 heavy (non-hydrogen) atoms. The maximum absolute atomic E-state index is 11.6. The normalized spacial score (nSPS) is 11.1. The molecule has 5 N–H and O–H groups in total. The molecule has 14 heteroatoms. The number of rotatable bonds is 8. The number of imidazole rings is 2. The van der Waals surface area contributed by atoms with Crippen molar-refractivity contribution in [2.24, 2.45) is 0 Å². The summed E-state index contributed by atoms with van der Waals surface area (Å²) < 4.78 is 0. The van der Waals surface area contributed by atoms with Crippen molar-refractivity contribution in [1.29, 1.82) is 5.41 Å². The van der Waals surface area contributed by atoms with E-state index < -0.39 is 6.03 Å². The summed E-state index contributed by atoms with van der Waals surface area (Å²) in [5.41, 5.74) is 3.58. The lowest BCUT2D eigenvalue weighted by molar-refractivity contribution is -0.243. The number of amides is 2. The summed E-state index contributed by atoms with van der Waals surface area (Å²) in [4.78, 5) is 37.3. The van der Waals surface area contributed by atoms with E-state index >= 15 is 0 Å². The molecule has 4 aromatic rings. The minimum Gasteiger partial charge on any atom is -0.371 e. The first-order chi connectivity index (χ1) is 15.4. The van der Waals surface area contributed by atoms with Crippen molar-refractivity contribution in [2.45, 2.75) is 10.3 Å². The van der Waals surface area contributed by atoms with Crippen molar-refractivity contribution < 1.29 is 19.7 Å². The summed E-state index contributed by atoms with van der Waals surface area (Å²) in [6, 6.07) is 9.92. The molecular weight excluding hydrogens is 456 g/mol. The summed E-state index contributed by atoms with van der Waals surface area (Å²) in [5.74, 6) is 0.530. The highest BCUT2D eigenvalue weighted by Crippen LogP contribution is 2.36. The molecule has 2 amide bonds. The molecule has 2 aromatic carbocycles. The van der Waals surface area contributed by atoms with Crippen molar-refractivity contribution in [3.63, 3.8) is 0 Å². The van der Waals surface area contributed by atoms with Gasteiger partial charge in [-0.3, -0.25) is 10.6 Å². The van der Waals surface area contributed by atoms with Crippen LogP contribution >= 0.6 is 21.6 Å². The van der Waals surface area contributed by atoms with Crippen LogP contribution in [0.25, 0.3) is 22.1 Å². The van der Waals surface area contributed by atoms with Gasteiger partial charge in [-0.15, -0.1) is 0 Å². The fourth-order valence-electron chi connectivity index (χ4n) is 2.69. The fraction of sp³-hybridized carbons (Fsp3) is 0.111. The molecule has 2 aromatic heterocycles. The molecule has 0 unspecified atom stereocenters. The molecule has 2 heterocycles. The highest BCUT2D eigenvalue weighted by Gasteiger charge is 2.11. The molecule has 0 aliphatic carbocycles. The Kier molecular flexibility index (Phi) is 6.36. The van der Waals surface area contributed by atoms with Crippen molar-refractivity contribution >= 4 is 61.8 Å². The van der Waals surface area contributed by atoms with Crippen LogP contribution in [0.4, 0.5) is 10.5 Å². The van der Waals surface area contributed by atoms with Crippen LogP contribution in [-0.4, -0.2) is 62.0 Å². The first-order valence-corrected chi connectivity index (χ1v) is 11.2. The monoisotopic (exact) mass is 474 g/mol. The van der Waals surface area contributed by atoms with E-state index in [-0.39, 0.29) is 0 Å². The van der Waals surface area contributed by atoms with E-state index in [2.05, 4.69) is 25.3 Å². The van der Waals surface area contributed by atoms with Crippen LogP contribution < -0.4 is 10.2 Å². The average molecular weight is 475 g/mol. The number of fused-ring (bicyclic) bond motifs is 2. The number of carbonyl (C=O) groups excluding carboxylic acids is 1. The van der Waals surface area contributed by atoms with Crippen molar-refractivity contribution in [3.8, 4) is 5.75 Å². The molecule has 0 radical (unpaired) electrons. The van der Waals surface area contributed by atoms with Gasteiger partial charge in [0.05, 0.1) is 29.1 Å². The third kappa shape index (κ3) is 5.05. The van der Waals surface area contributed by atoms with Gasteiger partial charge in [-0.05, 0) is 51.9 Å². The first-order valence-electron chi connectivity index (χ1n) is 9.06. The van der Waals surface area contributed by atoms with Crippen molar-refractivity contribution in [3.05, 3.63) is 36.4 Å². The topological polar surface area (TPSA) is 155 Å². The third-order valence-corrected chi connectivity index (χ3v) is 6.05. The number of carbonyl (C=O) groups is 1. The van der Waals surface area contributed by atoms with Gasteiger partial charge < -0.3 is 25.0 Å². The number of nitrogens with one attached hydrogen (secondary N) is 4. The predicted molar refractivity (Wildman–Crippen MR) is 121 cm³/mol. The van der Waals surface area contributed by atoms with Gasteiger partial charge in [-0.1, -0.05) is 0 Å². The van der Waals surface area contributed by atoms with Crippen LogP contribution in [0.2, 0.25) is 0 Å². The Hall–Kier alpha value is -3.46. The van der Waals surface area contributed by atoms with E-state index in [1.54, 1.807) is 30.3 Å². The SMILES string of the molecule is CN(OC=N)Oc1ccc2nc(SSc3nc4ccc(NC(=O)N(C)O)cc4[nH]3)[nH]c2c1. The number of aromatic amines is 2. The molecule has 166 valence electrons. The summed E-state index contributed by atoms with van der Waals surface area (Å²) in [7, 11) is 5.58. The lowest BCUT2D eigenvalue weighted by Crippen LogP contribution is -2.27. The number of benzene rings is 2. The first kappa shape index (κ1) is 21.8. The molecule has 4 rings (SSSR count). The quantitative estimate of drug-likeness (QED) is 0.0841. The Morgan fingerprint density at radius 1 is 1.09 bits per heavy atom. The third-order valence-electron chi connectivity index (χ3n) is 4.07. The van der Waals surface area contributed by atoms with Gasteiger partial charge in [0.25, 0.3) is 0 Å².